The van der Waals surface area contributed by atoms with Crippen molar-refractivity contribution in [2.75, 3.05) is 0 Å². The average molecular weight is 379 g/mol. The van der Waals surface area contributed by atoms with Crippen molar-refractivity contribution in [3.63, 3.8) is 0 Å². The molecule has 0 aromatic heterocycles. The quantitative estimate of drug-likeness (QED) is 0.611. The number of hydrogen-bond acceptors (Lipinski definition) is 3. The van der Waals surface area contributed by atoms with E-state index < -0.39 is 5.54 Å². The summed E-state index contributed by atoms with van der Waals surface area (Å²) >= 11 is 0. The molecule has 0 aliphatic heterocycles. The normalized spacial score (nSPS) is 15.2. The highest BCUT2D eigenvalue weighted by molar-refractivity contribution is 5.90. The Bertz CT molecular complexity index is 815. The topological polar surface area (TPSA) is 55.1 Å². The fourth-order valence-electron chi connectivity index (χ4n) is 3.23. The van der Waals surface area contributed by atoms with Crippen LogP contribution in [0, 0.1) is 19.8 Å². The first-order chi connectivity index (χ1) is 13.1. The molecule has 2 aromatic rings. The molecule has 3 heteroatoms. The molecule has 0 radical (unpaired) electrons. The lowest BCUT2D eigenvalue weighted by Gasteiger charge is -2.38. The molecule has 28 heavy (non-hydrogen) atoms. The van der Waals surface area contributed by atoms with Gasteiger partial charge in [0, 0.05) is 18.2 Å². The molecule has 0 bridgehead atoms. The average Bonchev–Trinajstić information content (AvgIpc) is 2.65. The molecule has 2 aromatic carbocycles. The first-order valence-corrected chi connectivity index (χ1v) is 10.1. The molecular formula is C25H34N2O. The van der Waals surface area contributed by atoms with E-state index >= 15 is 0 Å². The standard InChI is InChI=1S/C25H34N2O/c1-7-22(28)16-23(17(2)3)27-24(20-12-8-18(4)9-13-20)25(6,26)21-14-10-19(5)11-15-21/h8-17,24,27H,7,26H2,1-6H3/b23-16+. The summed E-state index contributed by atoms with van der Waals surface area (Å²) in [4.78, 5) is 12.1. The fourth-order valence-corrected chi connectivity index (χ4v) is 3.23. The number of allylic oxidation sites excluding steroid dienone is 2. The SMILES string of the molecule is CCC(=O)/C=C(/NC(c1ccc(C)cc1)C(C)(N)c1ccc(C)cc1)C(C)C. The van der Waals surface area contributed by atoms with Gasteiger partial charge in [-0.2, -0.15) is 0 Å². The van der Waals surface area contributed by atoms with Crippen LogP contribution in [-0.4, -0.2) is 5.78 Å². The van der Waals surface area contributed by atoms with Crippen LogP contribution in [0.2, 0.25) is 0 Å². The number of carbonyl (C=O) groups is 1. The number of nitrogens with two attached hydrogens (primary N) is 1. The molecule has 0 fully saturated rings. The second-order valence-corrected chi connectivity index (χ2v) is 8.21. The second-order valence-electron chi connectivity index (χ2n) is 8.21. The van der Waals surface area contributed by atoms with Gasteiger partial charge in [0.1, 0.15) is 0 Å². The molecule has 0 amide bonds. The Balaban J connectivity index is 2.52. The van der Waals surface area contributed by atoms with Crippen molar-refractivity contribution in [3.05, 3.63) is 82.6 Å². The molecule has 150 valence electrons. The van der Waals surface area contributed by atoms with E-state index in [0.29, 0.717) is 6.42 Å². The van der Waals surface area contributed by atoms with E-state index in [1.165, 1.54) is 11.1 Å². The zero-order valence-corrected chi connectivity index (χ0v) is 18.0. The van der Waals surface area contributed by atoms with Crippen LogP contribution < -0.4 is 11.1 Å². The van der Waals surface area contributed by atoms with Crippen LogP contribution in [0.5, 0.6) is 0 Å². The molecule has 2 rings (SSSR count). The smallest absolute Gasteiger partial charge is 0.157 e. The Kier molecular flexibility index (Phi) is 7.20. The van der Waals surface area contributed by atoms with Crippen molar-refractivity contribution in [3.8, 4) is 0 Å². The highest BCUT2D eigenvalue weighted by Crippen LogP contribution is 2.34. The van der Waals surface area contributed by atoms with Crippen LogP contribution in [0.15, 0.2) is 60.3 Å². The number of rotatable bonds is 8. The van der Waals surface area contributed by atoms with Gasteiger partial charge in [-0.1, -0.05) is 80.4 Å². The van der Waals surface area contributed by atoms with E-state index in [0.717, 1.165) is 16.8 Å². The van der Waals surface area contributed by atoms with Crippen LogP contribution in [0.3, 0.4) is 0 Å². The Morgan fingerprint density at radius 1 is 1.04 bits per heavy atom. The second kappa shape index (κ2) is 9.20. The summed E-state index contributed by atoms with van der Waals surface area (Å²) in [7, 11) is 0. The van der Waals surface area contributed by atoms with Gasteiger partial charge in [-0.25, -0.2) is 0 Å². The fraction of sp³-hybridized carbons (Fsp3) is 0.400. The molecule has 3 N–H and O–H groups in total. The number of carbonyl (C=O) groups excluding carboxylic acids is 1. The number of nitrogens with one attached hydrogen (secondary N) is 1. The summed E-state index contributed by atoms with van der Waals surface area (Å²) in [5.41, 5.74) is 11.8. The maximum absolute atomic E-state index is 12.1. The number of ketones is 1. The molecule has 2 atom stereocenters. The van der Waals surface area contributed by atoms with Crippen LogP contribution in [0.4, 0.5) is 0 Å². The predicted octanol–water partition coefficient (Wildman–Crippen LogP) is 5.33. The summed E-state index contributed by atoms with van der Waals surface area (Å²) < 4.78 is 0. The maximum Gasteiger partial charge on any atom is 0.157 e. The van der Waals surface area contributed by atoms with Gasteiger partial charge in [0.15, 0.2) is 5.78 Å². The van der Waals surface area contributed by atoms with Gasteiger partial charge in [0.05, 0.1) is 11.6 Å². The number of benzene rings is 2. The van der Waals surface area contributed by atoms with Gasteiger partial charge in [-0.15, -0.1) is 0 Å². The van der Waals surface area contributed by atoms with Gasteiger partial charge in [0.25, 0.3) is 0 Å². The molecule has 0 saturated heterocycles. The Hall–Kier alpha value is -2.39. The molecule has 0 saturated carbocycles. The van der Waals surface area contributed by atoms with Gasteiger partial charge in [-0.3, -0.25) is 4.79 Å². The third kappa shape index (κ3) is 5.32. The minimum atomic E-state index is -0.661. The number of hydrogen-bond donors (Lipinski definition) is 2. The Morgan fingerprint density at radius 3 is 2.00 bits per heavy atom. The maximum atomic E-state index is 12.1. The summed E-state index contributed by atoms with van der Waals surface area (Å²) in [6.45, 7) is 12.3. The van der Waals surface area contributed by atoms with Crippen LogP contribution in [0.1, 0.15) is 62.4 Å². The highest BCUT2D eigenvalue weighted by atomic mass is 16.1. The zero-order chi connectivity index (χ0) is 20.9. The summed E-state index contributed by atoms with van der Waals surface area (Å²) in [5, 5.41) is 3.62. The molecule has 0 heterocycles. The highest BCUT2D eigenvalue weighted by Gasteiger charge is 2.34. The van der Waals surface area contributed by atoms with Crippen molar-refractivity contribution in [1.82, 2.24) is 5.32 Å². The summed E-state index contributed by atoms with van der Waals surface area (Å²) in [5.74, 6) is 0.310. The monoisotopic (exact) mass is 378 g/mol. The van der Waals surface area contributed by atoms with Crippen molar-refractivity contribution in [2.45, 2.75) is 59.5 Å². The molecular weight excluding hydrogens is 344 g/mol. The van der Waals surface area contributed by atoms with Crippen molar-refractivity contribution < 1.29 is 4.79 Å². The van der Waals surface area contributed by atoms with Gasteiger partial charge in [0.2, 0.25) is 0 Å². The van der Waals surface area contributed by atoms with Gasteiger partial charge in [-0.05, 0) is 37.8 Å². The Labute approximate surface area is 170 Å². The van der Waals surface area contributed by atoms with Crippen LogP contribution in [-0.2, 0) is 10.3 Å². The van der Waals surface area contributed by atoms with Crippen molar-refractivity contribution in [1.29, 1.82) is 0 Å². The zero-order valence-electron chi connectivity index (χ0n) is 18.0. The van der Waals surface area contributed by atoms with E-state index in [4.69, 9.17) is 5.73 Å². The minimum absolute atomic E-state index is 0.118. The van der Waals surface area contributed by atoms with Crippen LogP contribution in [0.25, 0.3) is 0 Å². The largest absolute Gasteiger partial charge is 0.379 e. The molecule has 3 nitrogen and oxygen atoms in total. The van der Waals surface area contributed by atoms with E-state index in [1.807, 2.05) is 6.92 Å². The predicted molar refractivity (Wildman–Crippen MR) is 118 cm³/mol. The minimum Gasteiger partial charge on any atom is -0.379 e. The number of aryl methyl sites for hydroxylation is 2. The summed E-state index contributed by atoms with van der Waals surface area (Å²) in [6, 6.07) is 16.6. The lowest BCUT2D eigenvalue weighted by Crippen LogP contribution is -2.46. The van der Waals surface area contributed by atoms with Crippen molar-refractivity contribution in [2.24, 2.45) is 11.7 Å². The van der Waals surface area contributed by atoms with E-state index in [1.54, 1.807) is 6.08 Å². The van der Waals surface area contributed by atoms with E-state index in [-0.39, 0.29) is 17.7 Å². The lowest BCUT2D eigenvalue weighted by molar-refractivity contribution is -0.114. The van der Waals surface area contributed by atoms with E-state index in [2.05, 4.69) is 88.5 Å². The molecule has 2 unspecified atom stereocenters. The van der Waals surface area contributed by atoms with Gasteiger partial charge < -0.3 is 11.1 Å². The van der Waals surface area contributed by atoms with Crippen molar-refractivity contribution >= 4 is 5.78 Å². The first kappa shape index (κ1) is 21.9. The molecule has 0 aliphatic carbocycles. The summed E-state index contributed by atoms with van der Waals surface area (Å²) in [6.07, 6.45) is 2.22. The van der Waals surface area contributed by atoms with E-state index in [9.17, 15) is 4.79 Å². The van der Waals surface area contributed by atoms with Gasteiger partial charge >= 0.3 is 0 Å². The van der Waals surface area contributed by atoms with Crippen LogP contribution >= 0.6 is 0 Å². The molecule has 0 spiro atoms. The Morgan fingerprint density at radius 2 is 1.54 bits per heavy atom. The molecule has 0 aliphatic rings. The third-order valence-electron chi connectivity index (χ3n) is 5.28. The lowest BCUT2D eigenvalue weighted by atomic mass is 9.80. The first-order valence-electron chi connectivity index (χ1n) is 10.1. The third-order valence-corrected chi connectivity index (χ3v) is 5.28.